The molecule has 0 saturated carbocycles. The molecule has 0 saturated heterocycles. The molecule has 0 spiro atoms. The van der Waals surface area contributed by atoms with Crippen LogP contribution < -0.4 is 11.1 Å². The lowest BCUT2D eigenvalue weighted by Gasteiger charge is -2.03. The summed E-state index contributed by atoms with van der Waals surface area (Å²) in [4.78, 5) is 17.7. The summed E-state index contributed by atoms with van der Waals surface area (Å²) < 4.78 is 0. The zero-order valence-corrected chi connectivity index (χ0v) is 11.3. The number of aryl methyl sites for hydroxylation is 2. The molecule has 1 aromatic heterocycles. The van der Waals surface area contributed by atoms with E-state index < -0.39 is 0 Å². The fourth-order valence-corrected chi connectivity index (χ4v) is 3.36. The Morgan fingerprint density at radius 2 is 2.32 bits per heavy atom. The predicted molar refractivity (Wildman–Crippen MR) is 77.3 cm³/mol. The van der Waals surface area contributed by atoms with Gasteiger partial charge in [0.2, 0.25) is 5.91 Å². The van der Waals surface area contributed by atoms with Gasteiger partial charge in [-0.3, -0.25) is 4.79 Å². The molecule has 4 nitrogen and oxygen atoms in total. The van der Waals surface area contributed by atoms with Gasteiger partial charge in [-0.05, 0) is 37.0 Å². The highest BCUT2D eigenvalue weighted by atomic mass is 32.1. The second-order valence-corrected chi connectivity index (χ2v) is 5.80. The van der Waals surface area contributed by atoms with Crippen molar-refractivity contribution in [3.05, 3.63) is 40.4 Å². The highest BCUT2D eigenvalue weighted by Gasteiger charge is 2.17. The van der Waals surface area contributed by atoms with E-state index in [1.165, 1.54) is 11.3 Å². The standard InChI is InChI=1S/C14H15N3OS/c15-10-4-1-3-9(7-10)8-13(18)17-14-16-11-5-2-6-12(11)19-14/h1,3-4,7H,2,5-6,8,15H2,(H,16,17,18). The normalized spacial score (nSPS) is 13.3. The monoisotopic (exact) mass is 273 g/mol. The van der Waals surface area contributed by atoms with Crippen LogP contribution in [0, 0.1) is 0 Å². The summed E-state index contributed by atoms with van der Waals surface area (Å²) in [6.07, 6.45) is 3.65. The van der Waals surface area contributed by atoms with Crippen molar-refractivity contribution >= 4 is 28.1 Å². The molecule has 0 bridgehead atoms. The molecule has 3 N–H and O–H groups in total. The Morgan fingerprint density at radius 3 is 3.11 bits per heavy atom. The molecule has 19 heavy (non-hydrogen) atoms. The third kappa shape index (κ3) is 2.76. The molecular weight excluding hydrogens is 258 g/mol. The molecule has 0 radical (unpaired) electrons. The Balaban J connectivity index is 1.64. The number of carbonyl (C=O) groups excluding carboxylic acids is 1. The van der Waals surface area contributed by atoms with Gasteiger partial charge in [-0.2, -0.15) is 0 Å². The minimum absolute atomic E-state index is 0.0435. The molecular formula is C14H15N3OS. The summed E-state index contributed by atoms with van der Waals surface area (Å²) in [7, 11) is 0. The van der Waals surface area contributed by atoms with Crippen molar-refractivity contribution in [2.45, 2.75) is 25.7 Å². The van der Waals surface area contributed by atoms with Crippen molar-refractivity contribution in [3.8, 4) is 0 Å². The number of benzene rings is 1. The quantitative estimate of drug-likeness (QED) is 0.844. The lowest BCUT2D eigenvalue weighted by atomic mass is 10.1. The van der Waals surface area contributed by atoms with Crippen molar-refractivity contribution in [1.29, 1.82) is 0 Å². The number of nitrogens with two attached hydrogens (primary N) is 1. The molecule has 1 aliphatic carbocycles. The van der Waals surface area contributed by atoms with Crippen LogP contribution in [0.4, 0.5) is 10.8 Å². The van der Waals surface area contributed by atoms with Crippen LogP contribution in [0.1, 0.15) is 22.6 Å². The first-order chi connectivity index (χ1) is 9.20. The van der Waals surface area contributed by atoms with Gasteiger partial charge in [0, 0.05) is 10.6 Å². The molecule has 1 amide bonds. The van der Waals surface area contributed by atoms with Crippen molar-refractivity contribution in [2.24, 2.45) is 0 Å². The predicted octanol–water partition coefficient (Wildman–Crippen LogP) is 2.40. The van der Waals surface area contributed by atoms with E-state index in [0.717, 1.165) is 29.2 Å². The van der Waals surface area contributed by atoms with E-state index in [1.807, 2.05) is 24.3 Å². The molecule has 2 aromatic rings. The number of nitrogen functional groups attached to an aromatic ring is 1. The van der Waals surface area contributed by atoms with Crippen LogP contribution in [-0.4, -0.2) is 10.9 Å². The zero-order chi connectivity index (χ0) is 13.2. The SMILES string of the molecule is Nc1cccc(CC(=O)Nc2nc3c(s2)CCC3)c1. The van der Waals surface area contributed by atoms with E-state index in [2.05, 4.69) is 10.3 Å². The first-order valence-corrected chi connectivity index (χ1v) is 7.15. The lowest BCUT2D eigenvalue weighted by Crippen LogP contribution is -2.14. The minimum Gasteiger partial charge on any atom is -0.399 e. The number of amides is 1. The number of hydrogen-bond acceptors (Lipinski definition) is 4. The largest absolute Gasteiger partial charge is 0.399 e. The summed E-state index contributed by atoms with van der Waals surface area (Å²) in [5.41, 5.74) is 8.45. The van der Waals surface area contributed by atoms with E-state index in [0.29, 0.717) is 12.1 Å². The number of anilines is 2. The van der Waals surface area contributed by atoms with Gasteiger partial charge in [0.1, 0.15) is 0 Å². The number of aromatic nitrogens is 1. The Kier molecular flexibility index (Phi) is 3.21. The van der Waals surface area contributed by atoms with E-state index in [-0.39, 0.29) is 5.91 Å². The van der Waals surface area contributed by atoms with E-state index in [9.17, 15) is 4.79 Å². The number of nitrogens with one attached hydrogen (secondary N) is 1. The zero-order valence-electron chi connectivity index (χ0n) is 10.5. The molecule has 0 unspecified atom stereocenters. The maximum Gasteiger partial charge on any atom is 0.230 e. The summed E-state index contributed by atoms with van der Waals surface area (Å²) >= 11 is 1.60. The molecule has 1 heterocycles. The van der Waals surface area contributed by atoms with Gasteiger partial charge in [0.05, 0.1) is 12.1 Å². The van der Waals surface area contributed by atoms with Crippen LogP contribution in [0.2, 0.25) is 0 Å². The van der Waals surface area contributed by atoms with Crippen LogP contribution in [0.5, 0.6) is 0 Å². The van der Waals surface area contributed by atoms with Crippen LogP contribution in [0.25, 0.3) is 0 Å². The molecule has 0 fully saturated rings. The summed E-state index contributed by atoms with van der Waals surface area (Å²) in [6, 6.07) is 7.39. The molecule has 3 rings (SSSR count). The third-order valence-electron chi connectivity index (χ3n) is 3.16. The van der Waals surface area contributed by atoms with Crippen molar-refractivity contribution in [3.63, 3.8) is 0 Å². The maximum atomic E-state index is 11.9. The fraction of sp³-hybridized carbons (Fsp3) is 0.286. The van der Waals surface area contributed by atoms with Gasteiger partial charge in [0.25, 0.3) is 0 Å². The Morgan fingerprint density at radius 1 is 1.42 bits per heavy atom. The summed E-state index contributed by atoms with van der Waals surface area (Å²) in [5.74, 6) is -0.0435. The van der Waals surface area contributed by atoms with Gasteiger partial charge >= 0.3 is 0 Å². The first-order valence-electron chi connectivity index (χ1n) is 6.33. The number of rotatable bonds is 3. The Hall–Kier alpha value is -1.88. The van der Waals surface area contributed by atoms with Crippen LogP contribution in [-0.2, 0) is 24.1 Å². The number of hydrogen-bond donors (Lipinski definition) is 2. The highest BCUT2D eigenvalue weighted by molar-refractivity contribution is 7.15. The summed E-state index contributed by atoms with van der Waals surface area (Å²) in [6.45, 7) is 0. The van der Waals surface area contributed by atoms with E-state index in [4.69, 9.17) is 5.73 Å². The van der Waals surface area contributed by atoms with Gasteiger partial charge < -0.3 is 11.1 Å². The summed E-state index contributed by atoms with van der Waals surface area (Å²) in [5, 5.41) is 3.59. The second kappa shape index (κ2) is 5.01. The Labute approximate surface area is 115 Å². The molecule has 5 heteroatoms. The van der Waals surface area contributed by atoms with Crippen LogP contribution in [0.15, 0.2) is 24.3 Å². The maximum absolute atomic E-state index is 11.9. The average molecular weight is 273 g/mol. The van der Waals surface area contributed by atoms with Crippen molar-refractivity contribution in [1.82, 2.24) is 4.98 Å². The Bertz CT molecular complexity index is 599. The molecule has 0 atom stereocenters. The molecule has 1 aromatic carbocycles. The van der Waals surface area contributed by atoms with Crippen LogP contribution >= 0.6 is 11.3 Å². The van der Waals surface area contributed by atoms with Crippen molar-refractivity contribution < 1.29 is 4.79 Å². The van der Waals surface area contributed by atoms with E-state index in [1.54, 1.807) is 11.3 Å². The number of thiazole rings is 1. The van der Waals surface area contributed by atoms with Gasteiger partial charge in [-0.15, -0.1) is 11.3 Å². The van der Waals surface area contributed by atoms with Gasteiger partial charge in [-0.1, -0.05) is 12.1 Å². The third-order valence-corrected chi connectivity index (χ3v) is 4.23. The molecule has 98 valence electrons. The molecule has 1 aliphatic rings. The number of nitrogens with zero attached hydrogens (tertiary/aromatic N) is 1. The number of fused-ring (bicyclic) bond motifs is 1. The van der Waals surface area contributed by atoms with E-state index >= 15 is 0 Å². The molecule has 0 aliphatic heterocycles. The topological polar surface area (TPSA) is 68.0 Å². The lowest BCUT2D eigenvalue weighted by molar-refractivity contribution is -0.115. The van der Waals surface area contributed by atoms with Crippen LogP contribution in [0.3, 0.4) is 0 Å². The van der Waals surface area contributed by atoms with Gasteiger partial charge in [-0.25, -0.2) is 4.98 Å². The highest BCUT2D eigenvalue weighted by Crippen LogP contribution is 2.30. The first kappa shape index (κ1) is 12.2. The fourth-order valence-electron chi connectivity index (χ4n) is 2.30. The van der Waals surface area contributed by atoms with Gasteiger partial charge in [0.15, 0.2) is 5.13 Å². The smallest absolute Gasteiger partial charge is 0.230 e. The van der Waals surface area contributed by atoms with Crippen molar-refractivity contribution in [2.75, 3.05) is 11.1 Å². The number of carbonyl (C=O) groups is 1. The second-order valence-electron chi connectivity index (χ2n) is 4.71. The minimum atomic E-state index is -0.0435. The average Bonchev–Trinajstić information content (AvgIpc) is 2.89.